The van der Waals surface area contributed by atoms with E-state index < -0.39 is 11.7 Å². The van der Waals surface area contributed by atoms with E-state index in [1.165, 1.54) is 12.1 Å². The maximum Gasteiger partial charge on any atom is 0.417 e. The van der Waals surface area contributed by atoms with Crippen molar-refractivity contribution in [2.24, 2.45) is 5.11 Å². The third-order valence-corrected chi connectivity index (χ3v) is 2.63. The minimum atomic E-state index is -4.54. The lowest BCUT2D eigenvalue weighted by Crippen LogP contribution is -2.05. The molecule has 0 bridgehead atoms. The first-order chi connectivity index (χ1) is 9.91. The van der Waals surface area contributed by atoms with E-state index in [4.69, 9.17) is 21.9 Å². The van der Waals surface area contributed by atoms with Crippen molar-refractivity contribution in [2.45, 2.75) is 6.18 Å². The number of rotatable bonds is 3. The van der Waals surface area contributed by atoms with Crippen molar-refractivity contribution in [1.29, 1.82) is 0 Å². The molecular weight excluding hydrogens is 309 g/mol. The van der Waals surface area contributed by atoms with Crippen molar-refractivity contribution in [1.82, 2.24) is 4.98 Å². The van der Waals surface area contributed by atoms with Crippen molar-refractivity contribution in [3.63, 3.8) is 0 Å². The predicted molar refractivity (Wildman–Crippen MR) is 69.6 cm³/mol. The molecule has 0 aliphatic carbocycles. The van der Waals surface area contributed by atoms with E-state index >= 15 is 0 Å². The van der Waals surface area contributed by atoms with Crippen LogP contribution < -0.4 is 4.74 Å². The second-order valence-electron chi connectivity index (χ2n) is 3.77. The van der Waals surface area contributed by atoms with Gasteiger partial charge in [-0.3, -0.25) is 0 Å². The Labute approximate surface area is 121 Å². The molecule has 0 saturated heterocycles. The van der Waals surface area contributed by atoms with E-state index in [0.29, 0.717) is 12.3 Å². The lowest BCUT2D eigenvalue weighted by atomic mass is 10.3. The summed E-state index contributed by atoms with van der Waals surface area (Å²) in [6, 6.07) is 6.87. The zero-order chi connectivity index (χ0) is 15.5. The van der Waals surface area contributed by atoms with Gasteiger partial charge in [0.05, 0.1) is 11.3 Å². The number of para-hydroxylation sites is 1. The average molecular weight is 315 g/mol. The van der Waals surface area contributed by atoms with Crippen LogP contribution in [0.15, 0.2) is 41.6 Å². The van der Waals surface area contributed by atoms with Crippen LogP contribution in [0.2, 0.25) is 5.02 Å². The van der Waals surface area contributed by atoms with Gasteiger partial charge in [0.15, 0.2) is 0 Å². The molecule has 0 N–H and O–H groups in total. The van der Waals surface area contributed by atoms with E-state index in [2.05, 4.69) is 15.0 Å². The monoisotopic (exact) mass is 314 g/mol. The Kier molecular flexibility index (Phi) is 4.21. The van der Waals surface area contributed by atoms with Crippen LogP contribution in [-0.4, -0.2) is 4.98 Å². The van der Waals surface area contributed by atoms with Crippen molar-refractivity contribution in [2.75, 3.05) is 0 Å². The average Bonchev–Trinajstić information content (AvgIpc) is 2.42. The minimum absolute atomic E-state index is 0.129. The standard InChI is InChI=1S/C12H6ClF3N4O/c13-8-5-7(12(14,15)16)6-18-11(8)21-10-4-2-1-3-9(10)19-20-17/h1-6H. The molecule has 21 heavy (non-hydrogen) atoms. The Balaban J connectivity index is 2.35. The van der Waals surface area contributed by atoms with Crippen molar-refractivity contribution in [3.8, 4) is 11.6 Å². The summed E-state index contributed by atoms with van der Waals surface area (Å²) in [4.78, 5) is 6.15. The minimum Gasteiger partial charge on any atom is -0.437 e. The Morgan fingerprint density at radius 1 is 1.29 bits per heavy atom. The highest BCUT2D eigenvalue weighted by Crippen LogP contribution is 2.37. The van der Waals surface area contributed by atoms with Crippen LogP contribution in [0.3, 0.4) is 0 Å². The summed E-state index contributed by atoms with van der Waals surface area (Å²) in [6.45, 7) is 0. The lowest BCUT2D eigenvalue weighted by molar-refractivity contribution is -0.137. The molecule has 0 unspecified atom stereocenters. The molecule has 0 amide bonds. The number of hydrogen-bond donors (Lipinski definition) is 0. The maximum absolute atomic E-state index is 12.5. The number of alkyl halides is 3. The van der Waals surface area contributed by atoms with Crippen LogP contribution in [0, 0.1) is 0 Å². The zero-order valence-corrected chi connectivity index (χ0v) is 10.9. The first-order valence-corrected chi connectivity index (χ1v) is 5.84. The molecule has 2 rings (SSSR count). The van der Waals surface area contributed by atoms with Crippen LogP contribution >= 0.6 is 11.6 Å². The van der Waals surface area contributed by atoms with Gasteiger partial charge in [0, 0.05) is 11.1 Å². The Hall–Kier alpha value is -2.44. The summed E-state index contributed by atoms with van der Waals surface area (Å²) in [7, 11) is 0. The molecule has 9 heteroatoms. The Bertz CT molecular complexity index is 714. The molecule has 0 atom stereocenters. The number of nitrogens with zero attached hydrogens (tertiary/aromatic N) is 4. The summed E-state index contributed by atoms with van der Waals surface area (Å²) >= 11 is 5.72. The van der Waals surface area contributed by atoms with Crippen molar-refractivity contribution >= 4 is 17.3 Å². The molecular formula is C12H6ClF3N4O. The summed E-state index contributed by atoms with van der Waals surface area (Å²) in [5, 5.41) is 3.09. The first-order valence-electron chi connectivity index (χ1n) is 5.46. The molecule has 1 heterocycles. The summed E-state index contributed by atoms with van der Waals surface area (Å²) in [5.74, 6) is -0.0882. The van der Waals surface area contributed by atoms with Crippen LogP contribution in [-0.2, 0) is 6.18 Å². The van der Waals surface area contributed by atoms with Gasteiger partial charge >= 0.3 is 6.18 Å². The van der Waals surface area contributed by atoms with Gasteiger partial charge in [-0.2, -0.15) is 13.2 Å². The normalized spacial score (nSPS) is 10.9. The van der Waals surface area contributed by atoms with E-state index in [9.17, 15) is 13.2 Å². The van der Waals surface area contributed by atoms with E-state index in [-0.39, 0.29) is 22.3 Å². The zero-order valence-electron chi connectivity index (χ0n) is 10.2. The molecule has 0 saturated carbocycles. The fraction of sp³-hybridized carbons (Fsp3) is 0.0833. The van der Waals surface area contributed by atoms with Crippen LogP contribution in [0.1, 0.15) is 5.56 Å². The third-order valence-electron chi connectivity index (χ3n) is 2.36. The van der Waals surface area contributed by atoms with Crippen molar-refractivity contribution in [3.05, 3.63) is 57.6 Å². The van der Waals surface area contributed by atoms with Gasteiger partial charge < -0.3 is 4.74 Å². The molecule has 0 spiro atoms. The molecule has 108 valence electrons. The van der Waals surface area contributed by atoms with Gasteiger partial charge in [-0.05, 0) is 23.7 Å². The quantitative estimate of drug-likeness (QED) is 0.427. The van der Waals surface area contributed by atoms with Crippen LogP contribution in [0.25, 0.3) is 10.4 Å². The molecule has 1 aromatic carbocycles. The first kappa shape index (κ1) is 15.0. The highest BCUT2D eigenvalue weighted by molar-refractivity contribution is 6.31. The lowest BCUT2D eigenvalue weighted by Gasteiger charge is -2.11. The van der Waals surface area contributed by atoms with Gasteiger partial charge in [0.25, 0.3) is 0 Å². The van der Waals surface area contributed by atoms with E-state index in [1.54, 1.807) is 12.1 Å². The number of aromatic nitrogens is 1. The Morgan fingerprint density at radius 3 is 2.62 bits per heavy atom. The molecule has 0 aliphatic heterocycles. The predicted octanol–water partition coefficient (Wildman–Crippen LogP) is 5.49. The smallest absolute Gasteiger partial charge is 0.417 e. The van der Waals surface area contributed by atoms with Gasteiger partial charge in [0.1, 0.15) is 10.8 Å². The summed E-state index contributed by atoms with van der Waals surface area (Å²) in [6.07, 6.45) is -3.93. The second kappa shape index (κ2) is 5.90. The number of ether oxygens (including phenoxy) is 1. The molecule has 2 aromatic rings. The topological polar surface area (TPSA) is 70.9 Å². The molecule has 0 fully saturated rings. The van der Waals surface area contributed by atoms with Gasteiger partial charge in [0.2, 0.25) is 5.88 Å². The number of benzene rings is 1. The Morgan fingerprint density at radius 2 is 2.00 bits per heavy atom. The van der Waals surface area contributed by atoms with Crippen molar-refractivity contribution < 1.29 is 17.9 Å². The van der Waals surface area contributed by atoms with Crippen LogP contribution in [0.5, 0.6) is 11.6 Å². The number of pyridine rings is 1. The third kappa shape index (κ3) is 3.56. The number of azide groups is 1. The van der Waals surface area contributed by atoms with E-state index in [1.807, 2.05) is 0 Å². The van der Waals surface area contributed by atoms with E-state index in [0.717, 1.165) is 0 Å². The SMILES string of the molecule is [N-]=[N+]=Nc1ccccc1Oc1ncc(C(F)(F)F)cc1Cl. The maximum atomic E-state index is 12.5. The molecule has 1 aromatic heterocycles. The summed E-state index contributed by atoms with van der Waals surface area (Å²) in [5.41, 5.74) is 7.61. The number of halogens is 4. The molecule has 0 radical (unpaired) electrons. The highest BCUT2D eigenvalue weighted by Gasteiger charge is 2.31. The highest BCUT2D eigenvalue weighted by atomic mass is 35.5. The fourth-order valence-corrected chi connectivity index (χ4v) is 1.64. The molecule has 5 nitrogen and oxygen atoms in total. The number of hydrogen-bond acceptors (Lipinski definition) is 3. The largest absolute Gasteiger partial charge is 0.437 e. The molecule has 0 aliphatic rings. The van der Waals surface area contributed by atoms with Gasteiger partial charge in [-0.15, -0.1) is 0 Å². The van der Waals surface area contributed by atoms with Gasteiger partial charge in [-0.25, -0.2) is 4.98 Å². The second-order valence-corrected chi connectivity index (χ2v) is 4.18. The summed E-state index contributed by atoms with van der Waals surface area (Å²) < 4.78 is 42.8. The van der Waals surface area contributed by atoms with Crippen LogP contribution in [0.4, 0.5) is 18.9 Å². The fourth-order valence-electron chi connectivity index (χ4n) is 1.43. The van der Waals surface area contributed by atoms with Gasteiger partial charge in [-0.1, -0.05) is 28.8 Å².